The van der Waals surface area contributed by atoms with Gasteiger partial charge in [-0.3, -0.25) is 0 Å². The summed E-state index contributed by atoms with van der Waals surface area (Å²) in [7, 11) is 0. The van der Waals surface area contributed by atoms with Crippen molar-refractivity contribution in [3.05, 3.63) is 65.0 Å². The number of carbonyl (C=O) groups excluding carboxylic acids is 1. The Hall–Kier alpha value is -4.82. The predicted molar refractivity (Wildman–Crippen MR) is 159 cm³/mol. The Balaban J connectivity index is 1.62. The van der Waals surface area contributed by atoms with Crippen molar-refractivity contribution in [2.75, 3.05) is 38.2 Å². The van der Waals surface area contributed by atoms with Gasteiger partial charge in [0.1, 0.15) is 28.5 Å². The number of carbonyl (C=O) groups is 2. The highest BCUT2D eigenvalue weighted by Crippen LogP contribution is 2.24. The minimum atomic E-state index is -4.60. The number of halogens is 3. The molecule has 3 aromatic rings. The molecule has 12 nitrogen and oxygen atoms in total. The molecule has 0 unspecified atom stereocenters. The average Bonchev–Trinajstić information content (AvgIpc) is 2.97. The van der Waals surface area contributed by atoms with Crippen LogP contribution in [0.15, 0.2) is 42.5 Å². The molecular weight excluding hydrogens is 611 g/mol. The number of rotatable bonds is 3. The van der Waals surface area contributed by atoms with Crippen LogP contribution in [0.3, 0.4) is 0 Å². The van der Waals surface area contributed by atoms with Crippen molar-refractivity contribution in [2.24, 2.45) is 0 Å². The predicted octanol–water partition coefficient (Wildman–Crippen LogP) is 5.50. The molecule has 2 aliphatic heterocycles. The van der Waals surface area contributed by atoms with Crippen LogP contribution in [0.4, 0.5) is 23.9 Å². The second kappa shape index (κ2) is 15.0. The molecule has 0 aliphatic carbocycles. The Morgan fingerprint density at radius 3 is 2.28 bits per heavy atom. The molecule has 15 heteroatoms. The highest BCUT2D eigenvalue weighted by atomic mass is 19.4. The first-order chi connectivity index (χ1) is 21.7. The van der Waals surface area contributed by atoms with Crippen LogP contribution < -0.4 is 19.5 Å². The second-order valence-electron chi connectivity index (χ2n) is 11.4. The molecule has 0 atom stereocenters. The van der Waals surface area contributed by atoms with Gasteiger partial charge in [0.25, 0.3) is 0 Å². The number of alkyl halides is 3. The molecule has 46 heavy (non-hydrogen) atoms. The molecule has 2 N–H and O–H groups in total. The minimum Gasteiger partial charge on any atom is -0.494 e. The van der Waals surface area contributed by atoms with Crippen molar-refractivity contribution < 1.29 is 46.8 Å². The lowest BCUT2D eigenvalue weighted by molar-refractivity contribution is -0.154. The van der Waals surface area contributed by atoms with Crippen LogP contribution in [0.25, 0.3) is 0 Å². The summed E-state index contributed by atoms with van der Waals surface area (Å²) >= 11 is 0. The number of nitrogens with zero attached hydrogens (tertiary/aromatic N) is 4. The van der Waals surface area contributed by atoms with Gasteiger partial charge in [-0.05, 0) is 69.0 Å². The zero-order valence-electron chi connectivity index (χ0n) is 25.7. The number of hydrogen-bond acceptors (Lipinski definition) is 10. The molecule has 2 aliphatic rings. The summed E-state index contributed by atoms with van der Waals surface area (Å²) in [5, 5.41) is 12.7. The molecule has 248 valence electrons. The van der Waals surface area contributed by atoms with Crippen LogP contribution in [0.1, 0.15) is 60.9 Å². The highest BCUT2D eigenvalue weighted by Gasteiger charge is 2.29. The summed E-state index contributed by atoms with van der Waals surface area (Å²) < 4.78 is 60.7. The first kappa shape index (κ1) is 34.1. The standard InChI is InChI=1S/C31H36F3N5O7/c1-30(2,3)46-29(42)39-12-4-14-43-22-9-6-20(7-10-22)18-35-27-36-25(37-28(38-27)45-19-31(32,33)34)17-21-8-11-23(26(40)41)24(16-21)44-15-5-13-39/h6-11,16H,4-5,12-15,17-19H2,1-3H3,(H,40,41)(H,35,36,37,38). The fourth-order valence-corrected chi connectivity index (χ4v) is 4.31. The topological polar surface area (TPSA) is 145 Å². The number of benzene rings is 2. The zero-order valence-corrected chi connectivity index (χ0v) is 25.7. The van der Waals surface area contributed by atoms with Crippen LogP contribution in [0, 0.1) is 0 Å². The van der Waals surface area contributed by atoms with Crippen molar-refractivity contribution in [3.63, 3.8) is 0 Å². The van der Waals surface area contributed by atoms with E-state index in [0.29, 0.717) is 37.3 Å². The van der Waals surface area contributed by atoms with E-state index >= 15 is 0 Å². The number of carboxylic acids is 1. The number of ether oxygens (including phenoxy) is 4. The largest absolute Gasteiger partial charge is 0.494 e. The van der Waals surface area contributed by atoms with E-state index in [4.69, 9.17) is 18.9 Å². The van der Waals surface area contributed by atoms with Gasteiger partial charge < -0.3 is 34.3 Å². The number of nitrogens with one attached hydrogen (secondary N) is 1. The third-order valence-electron chi connectivity index (χ3n) is 6.36. The van der Waals surface area contributed by atoms with Gasteiger partial charge in [0.15, 0.2) is 6.61 Å². The van der Waals surface area contributed by atoms with E-state index in [1.807, 2.05) is 12.1 Å². The molecule has 0 radical (unpaired) electrons. The molecule has 1 aromatic heterocycles. The van der Waals surface area contributed by atoms with Gasteiger partial charge in [-0.15, -0.1) is 0 Å². The van der Waals surface area contributed by atoms with Crippen LogP contribution in [0.5, 0.6) is 17.5 Å². The number of anilines is 1. The molecule has 2 aromatic carbocycles. The Morgan fingerprint density at radius 1 is 0.957 bits per heavy atom. The first-order valence-electron chi connectivity index (χ1n) is 14.6. The third-order valence-corrected chi connectivity index (χ3v) is 6.36. The Labute approximate surface area is 263 Å². The molecule has 0 spiro atoms. The lowest BCUT2D eigenvalue weighted by atomic mass is 10.1. The molecule has 6 bridgehead atoms. The Bertz CT molecular complexity index is 1500. The van der Waals surface area contributed by atoms with E-state index in [9.17, 15) is 27.9 Å². The molecule has 3 heterocycles. The average molecular weight is 648 g/mol. The SMILES string of the molecule is CC(C)(C)OC(=O)N1CCCOc2ccc(cc2)CNc2nc(nc(OCC(F)(F)F)n2)Cc2ccc(C(=O)O)c(c2)OCCC1. The number of amides is 1. The smallest absolute Gasteiger partial charge is 0.422 e. The summed E-state index contributed by atoms with van der Waals surface area (Å²) in [6.07, 6.45) is -4.19. The summed E-state index contributed by atoms with van der Waals surface area (Å²) in [4.78, 5) is 38.7. The monoisotopic (exact) mass is 647 g/mol. The maximum absolute atomic E-state index is 12.9. The second-order valence-corrected chi connectivity index (χ2v) is 11.4. The summed E-state index contributed by atoms with van der Waals surface area (Å²) in [6, 6.07) is 11.1. The van der Waals surface area contributed by atoms with Crippen molar-refractivity contribution in [3.8, 4) is 17.5 Å². The number of hydrogen-bond donors (Lipinski definition) is 2. The molecule has 0 saturated carbocycles. The van der Waals surface area contributed by atoms with Crippen molar-refractivity contribution in [1.29, 1.82) is 0 Å². The summed E-state index contributed by atoms with van der Waals surface area (Å²) in [6.45, 7) is 5.05. The van der Waals surface area contributed by atoms with E-state index in [1.165, 1.54) is 18.2 Å². The lowest BCUT2D eigenvalue weighted by Gasteiger charge is -2.27. The number of fused-ring (bicyclic) bond motifs is 11. The third kappa shape index (κ3) is 11.0. The number of aromatic carboxylic acids is 1. The molecule has 5 rings (SSSR count). The van der Waals surface area contributed by atoms with Gasteiger partial charge in [-0.25, -0.2) is 9.59 Å². The van der Waals surface area contributed by atoms with E-state index in [-0.39, 0.29) is 49.2 Å². The van der Waals surface area contributed by atoms with Gasteiger partial charge in [0.2, 0.25) is 5.95 Å². The lowest BCUT2D eigenvalue weighted by Crippen LogP contribution is -2.38. The van der Waals surface area contributed by atoms with Crippen molar-refractivity contribution >= 4 is 18.0 Å². The van der Waals surface area contributed by atoms with E-state index < -0.39 is 36.5 Å². The van der Waals surface area contributed by atoms with E-state index in [2.05, 4.69) is 20.3 Å². The molecular formula is C31H36F3N5O7. The normalized spacial score (nSPS) is 14.9. The Morgan fingerprint density at radius 2 is 1.63 bits per heavy atom. The van der Waals surface area contributed by atoms with Crippen LogP contribution in [0.2, 0.25) is 0 Å². The summed E-state index contributed by atoms with van der Waals surface area (Å²) in [5.74, 6) is -0.432. The van der Waals surface area contributed by atoms with Crippen LogP contribution in [-0.2, 0) is 17.7 Å². The maximum atomic E-state index is 12.9. The quantitative estimate of drug-likeness (QED) is 0.372. The first-order valence-corrected chi connectivity index (χ1v) is 14.6. The maximum Gasteiger partial charge on any atom is 0.422 e. The van der Waals surface area contributed by atoms with Gasteiger partial charge in [-0.2, -0.15) is 28.1 Å². The molecule has 0 fully saturated rings. The van der Waals surface area contributed by atoms with Crippen molar-refractivity contribution in [1.82, 2.24) is 19.9 Å². The van der Waals surface area contributed by atoms with Crippen molar-refractivity contribution in [2.45, 2.75) is 58.4 Å². The number of aromatic nitrogens is 3. The van der Waals surface area contributed by atoms with Crippen LogP contribution in [-0.4, -0.2) is 81.7 Å². The minimum absolute atomic E-state index is 0.00202. The fourth-order valence-electron chi connectivity index (χ4n) is 4.31. The highest BCUT2D eigenvalue weighted by molar-refractivity contribution is 5.91. The fraction of sp³-hybridized carbons (Fsp3) is 0.452. The van der Waals surface area contributed by atoms with Gasteiger partial charge in [-0.1, -0.05) is 18.2 Å². The number of carboxylic acid groups (broad SMARTS) is 1. The van der Waals surface area contributed by atoms with E-state index in [1.54, 1.807) is 37.8 Å². The van der Waals surface area contributed by atoms with Gasteiger partial charge in [0, 0.05) is 26.1 Å². The van der Waals surface area contributed by atoms with Crippen LogP contribution >= 0.6 is 0 Å². The van der Waals surface area contributed by atoms with E-state index in [0.717, 1.165) is 5.56 Å². The van der Waals surface area contributed by atoms with Gasteiger partial charge in [0.05, 0.1) is 13.2 Å². The Kier molecular flexibility index (Phi) is 11.1. The summed E-state index contributed by atoms with van der Waals surface area (Å²) in [5.41, 5.74) is 0.573. The zero-order chi connectivity index (χ0) is 33.3. The molecule has 1 amide bonds. The molecule has 0 saturated heterocycles. The van der Waals surface area contributed by atoms with Gasteiger partial charge >= 0.3 is 24.2 Å².